The van der Waals surface area contributed by atoms with Gasteiger partial charge >= 0.3 is 0 Å². The summed E-state index contributed by atoms with van der Waals surface area (Å²) in [4.78, 5) is 0. The van der Waals surface area contributed by atoms with Crippen molar-refractivity contribution < 1.29 is 10.2 Å². The molecule has 1 aromatic rings. The largest absolute Gasteiger partial charge is 0.393 e. The van der Waals surface area contributed by atoms with Gasteiger partial charge in [0.2, 0.25) is 0 Å². The zero-order chi connectivity index (χ0) is 13.0. The van der Waals surface area contributed by atoms with Crippen molar-refractivity contribution in [2.45, 2.75) is 43.6 Å². The van der Waals surface area contributed by atoms with E-state index < -0.39 is 6.10 Å². The number of hydrogen-bond acceptors (Lipinski definition) is 3. The van der Waals surface area contributed by atoms with Crippen LogP contribution in [0.4, 0.5) is 0 Å². The van der Waals surface area contributed by atoms with Crippen LogP contribution in [-0.2, 0) is 5.41 Å². The molecule has 3 heteroatoms. The molecule has 0 aromatic heterocycles. The molecule has 0 bridgehead atoms. The summed E-state index contributed by atoms with van der Waals surface area (Å²) >= 11 is 0. The molecule has 1 unspecified atom stereocenters. The Bertz CT molecular complexity index is 427. The molecule has 2 rings (SSSR count). The lowest BCUT2D eigenvalue weighted by Crippen LogP contribution is -2.27. The van der Waals surface area contributed by atoms with E-state index in [-0.39, 0.29) is 12.0 Å². The predicted octanol–water partition coefficient (Wildman–Crippen LogP) is 2.44. The molecule has 0 aliphatic heterocycles. The summed E-state index contributed by atoms with van der Waals surface area (Å²) < 4.78 is 0. The predicted molar refractivity (Wildman–Crippen MR) is 68.9 cm³/mol. The molecule has 1 aliphatic rings. The highest BCUT2D eigenvalue weighted by Gasteiger charge is 2.33. The highest BCUT2D eigenvalue weighted by atomic mass is 16.3. The molecule has 3 nitrogen and oxygen atoms in total. The molecular formula is C15H19NO2. The van der Waals surface area contributed by atoms with Crippen LogP contribution < -0.4 is 0 Å². The average Bonchev–Trinajstić information content (AvgIpc) is 2.47. The van der Waals surface area contributed by atoms with Gasteiger partial charge in [-0.05, 0) is 24.0 Å². The van der Waals surface area contributed by atoms with Crippen molar-refractivity contribution in [2.24, 2.45) is 0 Å². The zero-order valence-corrected chi connectivity index (χ0v) is 10.5. The maximum atomic E-state index is 9.54. The van der Waals surface area contributed by atoms with Gasteiger partial charge in [-0.3, -0.25) is 0 Å². The Balaban J connectivity index is 2.25. The Labute approximate surface area is 108 Å². The maximum absolute atomic E-state index is 9.54. The van der Waals surface area contributed by atoms with Crippen LogP contribution in [-0.4, -0.2) is 16.8 Å². The van der Waals surface area contributed by atoms with Crippen molar-refractivity contribution in [1.29, 1.82) is 5.26 Å². The number of nitriles is 1. The van der Waals surface area contributed by atoms with Crippen molar-refractivity contribution >= 4 is 0 Å². The first-order valence-electron chi connectivity index (χ1n) is 6.52. The highest BCUT2D eigenvalue weighted by molar-refractivity contribution is 5.35. The number of rotatable bonds is 3. The van der Waals surface area contributed by atoms with Crippen LogP contribution in [0.2, 0.25) is 0 Å². The van der Waals surface area contributed by atoms with E-state index in [0.29, 0.717) is 5.56 Å². The van der Waals surface area contributed by atoms with Crippen LogP contribution in [0.5, 0.6) is 0 Å². The molecule has 1 atom stereocenters. The number of nitrogens with zero attached hydrogens (tertiary/aromatic N) is 1. The lowest BCUT2D eigenvalue weighted by Gasteiger charge is -2.31. The SMILES string of the molecule is N#CC1(c2ccc(C(O)CO)cc2)CCCCC1. The molecule has 1 aliphatic carbocycles. The molecule has 1 saturated carbocycles. The molecule has 2 N–H and O–H groups in total. The fourth-order valence-corrected chi connectivity index (χ4v) is 2.75. The third kappa shape index (κ3) is 2.40. The summed E-state index contributed by atoms with van der Waals surface area (Å²) in [5, 5.41) is 27.9. The van der Waals surface area contributed by atoms with E-state index in [1.807, 2.05) is 24.3 Å². The number of hydrogen-bond donors (Lipinski definition) is 2. The van der Waals surface area contributed by atoms with Crippen molar-refractivity contribution in [2.75, 3.05) is 6.61 Å². The second-order valence-corrected chi connectivity index (χ2v) is 5.07. The topological polar surface area (TPSA) is 64.2 Å². The lowest BCUT2D eigenvalue weighted by molar-refractivity contribution is 0.0956. The molecule has 0 amide bonds. The zero-order valence-electron chi connectivity index (χ0n) is 10.5. The first kappa shape index (κ1) is 13.1. The highest BCUT2D eigenvalue weighted by Crippen LogP contribution is 2.39. The summed E-state index contributed by atoms with van der Waals surface area (Å²) in [7, 11) is 0. The van der Waals surface area contributed by atoms with E-state index in [2.05, 4.69) is 6.07 Å². The number of aliphatic hydroxyl groups is 2. The summed E-state index contributed by atoms with van der Waals surface area (Å²) in [5.41, 5.74) is 1.39. The van der Waals surface area contributed by atoms with Gasteiger partial charge in [0.1, 0.15) is 6.10 Å². The first-order chi connectivity index (χ1) is 8.72. The Hall–Kier alpha value is -1.37. The summed E-state index contributed by atoms with van der Waals surface area (Å²) in [6.07, 6.45) is 4.44. The summed E-state index contributed by atoms with van der Waals surface area (Å²) in [5.74, 6) is 0. The van der Waals surface area contributed by atoms with Gasteiger partial charge in [0.05, 0.1) is 18.1 Å². The molecule has 0 saturated heterocycles. The van der Waals surface area contributed by atoms with E-state index in [1.165, 1.54) is 6.42 Å². The van der Waals surface area contributed by atoms with Crippen molar-refractivity contribution in [3.8, 4) is 6.07 Å². The molecule has 0 spiro atoms. The minimum absolute atomic E-state index is 0.275. The van der Waals surface area contributed by atoms with Crippen molar-refractivity contribution in [1.82, 2.24) is 0 Å². The molecule has 96 valence electrons. The van der Waals surface area contributed by atoms with Gasteiger partial charge in [-0.1, -0.05) is 43.5 Å². The standard InChI is InChI=1S/C15H19NO2/c16-11-15(8-2-1-3-9-15)13-6-4-12(5-7-13)14(18)10-17/h4-7,14,17-18H,1-3,8-10H2. The normalized spacial score (nSPS) is 20.1. The maximum Gasteiger partial charge on any atom is 0.102 e. The molecular weight excluding hydrogens is 226 g/mol. The molecule has 18 heavy (non-hydrogen) atoms. The van der Waals surface area contributed by atoms with Gasteiger partial charge in [0.25, 0.3) is 0 Å². The lowest BCUT2D eigenvalue weighted by atomic mass is 9.70. The van der Waals surface area contributed by atoms with Gasteiger partial charge < -0.3 is 10.2 Å². The van der Waals surface area contributed by atoms with Crippen LogP contribution in [0.15, 0.2) is 24.3 Å². The van der Waals surface area contributed by atoms with Gasteiger partial charge in [-0.2, -0.15) is 5.26 Å². The second kappa shape index (κ2) is 5.51. The fourth-order valence-electron chi connectivity index (χ4n) is 2.75. The molecule has 0 radical (unpaired) electrons. The van der Waals surface area contributed by atoms with Crippen LogP contribution in [0, 0.1) is 11.3 Å². The van der Waals surface area contributed by atoms with Crippen LogP contribution >= 0.6 is 0 Å². The summed E-state index contributed by atoms with van der Waals surface area (Å²) in [6.45, 7) is -0.275. The third-order valence-electron chi connectivity index (χ3n) is 3.94. The van der Waals surface area contributed by atoms with Gasteiger partial charge in [-0.25, -0.2) is 0 Å². The number of aliphatic hydroxyl groups excluding tert-OH is 2. The minimum Gasteiger partial charge on any atom is -0.393 e. The van der Waals surface area contributed by atoms with Crippen LogP contribution in [0.1, 0.15) is 49.3 Å². The molecule has 1 aromatic carbocycles. The van der Waals surface area contributed by atoms with E-state index in [9.17, 15) is 10.4 Å². The van der Waals surface area contributed by atoms with Crippen molar-refractivity contribution in [3.05, 3.63) is 35.4 Å². The van der Waals surface area contributed by atoms with Crippen LogP contribution in [0.3, 0.4) is 0 Å². The smallest absolute Gasteiger partial charge is 0.102 e. The van der Waals surface area contributed by atoms with E-state index in [0.717, 1.165) is 31.2 Å². The van der Waals surface area contributed by atoms with Gasteiger partial charge in [-0.15, -0.1) is 0 Å². The third-order valence-corrected chi connectivity index (χ3v) is 3.94. The Morgan fingerprint density at radius 1 is 1.17 bits per heavy atom. The summed E-state index contributed by atoms with van der Waals surface area (Å²) in [6, 6.07) is 9.94. The van der Waals surface area contributed by atoms with Gasteiger partial charge in [0.15, 0.2) is 0 Å². The van der Waals surface area contributed by atoms with Crippen molar-refractivity contribution in [3.63, 3.8) is 0 Å². The second-order valence-electron chi connectivity index (χ2n) is 5.07. The quantitative estimate of drug-likeness (QED) is 0.859. The Kier molecular flexibility index (Phi) is 4.00. The Morgan fingerprint density at radius 3 is 2.28 bits per heavy atom. The first-order valence-corrected chi connectivity index (χ1v) is 6.52. The monoisotopic (exact) mass is 245 g/mol. The van der Waals surface area contributed by atoms with E-state index >= 15 is 0 Å². The fraction of sp³-hybridized carbons (Fsp3) is 0.533. The minimum atomic E-state index is -0.830. The Morgan fingerprint density at radius 2 is 1.78 bits per heavy atom. The number of benzene rings is 1. The molecule has 1 fully saturated rings. The van der Waals surface area contributed by atoms with Crippen LogP contribution in [0.25, 0.3) is 0 Å². The van der Waals surface area contributed by atoms with E-state index in [1.54, 1.807) is 0 Å². The average molecular weight is 245 g/mol. The van der Waals surface area contributed by atoms with Gasteiger partial charge in [0, 0.05) is 0 Å². The van der Waals surface area contributed by atoms with E-state index in [4.69, 9.17) is 5.11 Å². The molecule has 0 heterocycles.